The molecule has 0 radical (unpaired) electrons. The van der Waals surface area contributed by atoms with Gasteiger partial charge in [0.1, 0.15) is 17.7 Å². The highest BCUT2D eigenvalue weighted by molar-refractivity contribution is 5.97. The second kappa shape index (κ2) is 14.8. The summed E-state index contributed by atoms with van der Waals surface area (Å²) >= 11 is 0. The van der Waals surface area contributed by atoms with Crippen LogP contribution in [0.25, 0.3) is 0 Å². The number of likely N-dealkylation sites (tertiary alicyclic amines) is 1. The predicted octanol–water partition coefficient (Wildman–Crippen LogP) is 7.98. The highest BCUT2D eigenvalue weighted by atomic mass is 19.1. The standard InChI is InChI=1S/C34H48FNO4/c1-8-13-27-21-29(30(37)10-3)31(35)28(14-9-2)32(27)40-33(26-17-15-25(16-18-26)22(4)5)34(38)39-24(7)23(6)36-19-11-12-20-36/h15-18,21-24,33H,8-14,19-20H2,1-7H3. The summed E-state index contributed by atoms with van der Waals surface area (Å²) in [5.74, 6) is -0.559. The SMILES string of the molecule is CCCc1cc(C(=O)CC)c(F)c(CCC)c1OC(C(=O)OC(C)C(C)N1CCCC1)c1ccc(C(C)C)cc1. The van der Waals surface area contributed by atoms with Crippen molar-refractivity contribution in [2.45, 2.75) is 118 Å². The smallest absolute Gasteiger partial charge is 0.352 e. The Morgan fingerprint density at radius 1 is 0.925 bits per heavy atom. The van der Waals surface area contributed by atoms with Crippen molar-refractivity contribution in [1.82, 2.24) is 4.90 Å². The minimum Gasteiger partial charge on any atom is -0.473 e. The molecule has 6 heteroatoms. The molecule has 1 saturated heterocycles. The lowest BCUT2D eigenvalue weighted by molar-refractivity contribution is -0.160. The van der Waals surface area contributed by atoms with E-state index in [4.69, 9.17) is 9.47 Å². The van der Waals surface area contributed by atoms with Crippen molar-refractivity contribution in [2.24, 2.45) is 0 Å². The molecular formula is C34H48FNO4. The van der Waals surface area contributed by atoms with Crippen LogP contribution in [0.1, 0.15) is 125 Å². The Balaban J connectivity index is 2.06. The first kappa shape index (κ1) is 31.8. The topological polar surface area (TPSA) is 55.8 Å². The monoisotopic (exact) mass is 553 g/mol. The van der Waals surface area contributed by atoms with Crippen molar-refractivity contribution < 1.29 is 23.5 Å². The van der Waals surface area contributed by atoms with Crippen molar-refractivity contribution in [1.29, 1.82) is 0 Å². The van der Waals surface area contributed by atoms with E-state index in [1.54, 1.807) is 13.0 Å². The van der Waals surface area contributed by atoms with Gasteiger partial charge in [-0.15, -0.1) is 0 Å². The number of carbonyl (C=O) groups excluding carboxylic acids is 2. The third-order valence-corrected chi connectivity index (χ3v) is 8.08. The zero-order valence-electron chi connectivity index (χ0n) is 25.5. The number of nitrogens with zero attached hydrogens (tertiary/aromatic N) is 1. The average Bonchev–Trinajstić information content (AvgIpc) is 3.48. The summed E-state index contributed by atoms with van der Waals surface area (Å²) in [5, 5.41) is 0. The van der Waals surface area contributed by atoms with Gasteiger partial charge in [0.25, 0.3) is 0 Å². The summed E-state index contributed by atoms with van der Waals surface area (Å²) in [6.45, 7) is 16.0. The Kier molecular flexibility index (Phi) is 11.7. The molecule has 2 aromatic carbocycles. The van der Waals surface area contributed by atoms with Crippen molar-refractivity contribution in [2.75, 3.05) is 13.1 Å². The molecule has 3 unspecified atom stereocenters. The molecule has 0 aromatic heterocycles. The van der Waals surface area contributed by atoms with Crippen molar-refractivity contribution in [3.63, 3.8) is 0 Å². The van der Waals surface area contributed by atoms with Crippen LogP contribution in [-0.2, 0) is 22.4 Å². The summed E-state index contributed by atoms with van der Waals surface area (Å²) in [6, 6.07) is 9.52. The third-order valence-electron chi connectivity index (χ3n) is 8.08. The van der Waals surface area contributed by atoms with Gasteiger partial charge in [-0.05, 0) is 75.7 Å². The molecule has 3 rings (SSSR count). The zero-order chi connectivity index (χ0) is 29.4. The van der Waals surface area contributed by atoms with E-state index in [1.807, 2.05) is 45.0 Å². The van der Waals surface area contributed by atoms with Crippen LogP contribution >= 0.6 is 0 Å². The molecule has 0 saturated carbocycles. The lowest BCUT2D eigenvalue weighted by Gasteiger charge is -2.30. The van der Waals surface area contributed by atoms with Gasteiger partial charge in [0.05, 0.1) is 5.56 Å². The van der Waals surface area contributed by atoms with Gasteiger partial charge in [-0.25, -0.2) is 9.18 Å². The molecule has 1 fully saturated rings. The van der Waals surface area contributed by atoms with Gasteiger partial charge in [0.2, 0.25) is 6.10 Å². The highest BCUT2D eigenvalue weighted by Gasteiger charge is 2.33. The first-order valence-electron chi connectivity index (χ1n) is 15.2. The number of carbonyl (C=O) groups is 2. The summed E-state index contributed by atoms with van der Waals surface area (Å²) in [7, 11) is 0. The second-order valence-corrected chi connectivity index (χ2v) is 11.4. The minimum atomic E-state index is -1.06. The molecular weight excluding hydrogens is 505 g/mol. The quantitative estimate of drug-likeness (QED) is 0.175. The second-order valence-electron chi connectivity index (χ2n) is 11.4. The van der Waals surface area contributed by atoms with Gasteiger partial charge in [-0.1, -0.05) is 71.7 Å². The van der Waals surface area contributed by atoms with Crippen LogP contribution in [0.4, 0.5) is 4.39 Å². The number of hydrogen-bond donors (Lipinski definition) is 0. The Morgan fingerprint density at radius 2 is 1.52 bits per heavy atom. The number of halogens is 1. The molecule has 0 N–H and O–H groups in total. The van der Waals surface area contributed by atoms with E-state index in [0.717, 1.165) is 43.5 Å². The lowest BCUT2D eigenvalue weighted by Crippen LogP contribution is -2.41. The van der Waals surface area contributed by atoms with Crippen LogP contribution < -0.4 is 4.74 Å². The van der Waals surface area contributed by atoms with Gasteiger partial charge < -0.3 is 9.47 Å². The number of esters is 1. The Hall–Kier alpha value is -2.73. The number of Topliss-reactive ketones (excluding diaryl/α,β-unsaturated/α-hetero) is 1. The van der Waals surface area contributed by atoms with Crippen LogP contribution in [0.3, 0.4) is 0 Å². The molecule has 220 valence electrons. The Morgan fingerprint density at radius 3 is 2.08 bits per heavy atom. The van der Waals surface area contributed by atoms with Crippen LogP contribution in [-0.4, -0.2) is 41.9 Å². The van der Waals surface area contributed by atoms with E-state index in [9.17, 15) is 9.59 Å². The molecule has 0 aliphatic carbocycles. The molecule has 0 amide bonds. The zero-order valence-corrected chi connectivity index (χ0v) is 25.5. The van der Waals surface area contributed by atoms with Crippen LogP contribution in [0.15, 0.2) is 30.3 Å². The molecule has 5 nitrogen and oxygen atoms in total. The summed E-state index contributed by atoms with van der Waals surface area (Å²) < 4.78 is 28.4. The van der Waals surface area contributed by atoms with Crippen LogP contribution in [0.2, 0.25) is 0 Å². The lowest BCUT2D eigenvalue weighted by atomic mass is 9.94. The number of rotatable bonds is 14. The van der Waals surface area contributed by atoms with Gasteiger partial charge in [-0.2, -0.15) is 0 Å². The fourth-order valence-corrected chi connectivity index (χ4v) is 5.44. The number of ketones is 1. The van der Waals surface area contributed by atoms with Gasteiger partial charge in [0.15, 0.2) is 5.78 Å². The van der Waals surface area contributed by atoms with Crippen molar-refractivity contribution in [3.8, 4) is 5.75 Å². The predicted molar refractivity (Wildman–Crippen MR) is 159 cm³/mol. The number of aryl methyl sites for hydroxylation is 1. The summed E-state index contributed by atoms with van der Waals surface area (Å²) in [6.07, 6.45) is 3.60. The van der Waals surface area contributed by atoms with Gasteiger partial charge >= 0.3 is 5.97 Å². The summed E-state index contributed by atoms with van der Waals surface area (Å²) in [4.78, 5) is 28.8. The molecule has 3 atom stereocenters. The normalized spacial score (nSPS) is 16.1. The fourth-order valence-electron chi connectivity index (χ4n) is 5.44. The highest BCUT2D eigenvalue weighted by Crippen LogP contribution is 2.36. The molecule has 1 aliphatic heterocycles. The molecule has 0 spiro atoms. The minimum absolute atomic E-state index is 0.0819. The molecule has 2 aromatic rings. The first-order valence-corrected chi connectivity index (χ1v) is 15.2. The maximum absolute atomic E-state index is 15.8. The van der Waals surface area contributed by atoms with E-state index in [1.165, 1.54) is 0 Å². The average molecular weight is 554 g/mol. The molecule has 40 heavy (non-hydrogen) atoms. The summed E-state index contributed by atoms with van der Waals surface area (Å²) in [5.41, 5.74) is 3.03. The number of benzene rings is 2. The fraction of sp³-hybridized carbons (Fsp3) is 0.588. The van der Waals surface area contributed by atoms with E-state index >= 15 is 4.39 Å². The Bertz CT molecular complexity index is 1140. The van der Waals surface area contributed by atoms with Gasteiger partial charge in [-0.3, -0.25) is 9.69 Å². The van der Waals surface area contributed by atoms with Crippen molar-refractivity contribution >= 4 is 11.8 Å². The first-order chi connectivity index (χ1) is 19.1. The van der Waals surface area contributed by atoms with E-state index in [0.29, 0.717) is 42.1 Å². The number of ether oxygens (including phenoxy) is 2. The third kappa shape index (κ3) is 7.51. The largest absolute Gasteiger partial charge is 0.473 e. The van der Waals surface area contributed by atoms with Crippen LogP contribution in [0.5, 0.6) is 5.75 Å². The molecule has 1 heterocycles. The molecule has 0 bridgehead atoms. The maximum Gasteiger partial charge on any atom is 0.352 e. The van der Waals surface area contributed by atoms with Crippen molar-refractivity contribution in [3.05, 3.63) is 64.0 Å². The van der Waals surface area contributed by atoms with E-state index in [-0.39, 0.29) is 29.9 Å². The maximum atomic E-state index is 15.8. The Labute approximate surface area is 240 Å². The number of hydrogen-bond acceptors (Lipinski definition) is 5. The van der Waals surface area contributed by atoms with E-state index in [2.05, 4.69) is 25.7 Å². The van der Waals surface area contributed by atoms with Crippen LogP contribution in [0, 0.1) is 5.82 Å². The van der Waals surface area contributed by atoms with Gasteiger partial charge in [0, 0.05) is 23.6 Å². The van der Waals surface area contributed by atoms with E-state index < -0.39 is 17.9 Å². The molecule has 1 aliphatic rings.